The summed E-state index contributed by atoms with van der Waals surface area (Å²) in [6, 6.07) is -0.620. The maximum atomic E-state index is 12.8. The van der Waals surface area contributed by atoms with Gasteiger partial charge in [0.15, 0.2) is 12.1 Å². The summed E-state index contributed by atoms with van der Waals surface area (Å²) in [6.45, 7) is 4.70. The lowest BCUT2D eigenvalue weighted by atomic mass is 10.0. The molecule has 8 nitrogen and oxygen atoms in total. The van der Waals surface area contributed by atoms with Gasteiger partial charge >= 0.3 is 17.9 Å². The van der Waals surface area contributed by atoms with Gasteiger partial charge in [0.2, 0.25) is 0 Å². The van der Waals surface area contributed by atoms with Crippen molar-refractivity contribution in [3.05, 3.63) is 48.6 Å². The van der Waals surface area contributed by atoms with Crippen molar-refractivity contribution in [1.29, 1.82) is 0 Å². The number of carbonyl (C=O) groups excluding carboxylic acids is 2. The molecule has 0 saturated heterocycles. The fraction of sp³-hybridized carbons (Fsp3) is 0.788. The molecule has 0 amide bonds. The van der Waals surface area contributed by atoms with Gasteiger partial charge in [-0.15, -0.1) is 0 Å². The Hall–Kier alpha value is -2.71. The minimum Gasteiger partial charge on any atom is -0.477 e. The third-order valence-corrected chi connectivity index (χ3v) is 11.1. The van der Waals surface area contributed by atoms with Crippen LogP contribution in [0.25, 0.3) is 0 Å². The van der Waals surface area contributed by atoms with Crippen LogP contribution in [0.1, 0.15) is 213 Å². The van der Waals surface area contributed by atoms with Crippen LogP contribution in [0.4, 0.5) is 0 Å². The van der Waals surface area contributed by atoms with Gasteiger partial charge in [-0.05, 0) is 38.5 Å². The zero-order valence-corrected chi connectivity index (χ0v) is 39.7. The van der Waals surface area contributed by atoms with Crippen molar-refractivity contribution in [2.24, 2.45) is 0 Å². The second-order valence-electron chi connectivity index (χ2n) is 17.8. The molecule has 2 atom stereocenters. The summed E-state index contributed by atoms with van der Waals surface area (Å²) in [6.07, 6.45) is 51.5. The molecule has 8 heteroatoms. The van der Waals surface area contributed by atoms with E-state index >= 15 is 0 Å². The lowest BCUT2D eigenvalue weighted by Crippen LogP contribution is -2.50. The van der Waals surface area contributed by atoms with Gasteiger partial charge in [-0.2, -0.15) is 0 Å². The first kappa shape index (κ1) is 57.3. The zero-order valence-electron chi connectivity index (χ0n) is 39.7. The minimum absolute atomic E-state index is 0.0524. The Bertz CT molecular complexity index is 1120. The summed E-state index contributed by atoms with van der Waals surface area (Å²) in [7, 11) is 5.52. The van der Waals surface area contributed by atoms with E-state index in [1.165, 1.54) is 116 Å². The molecule has 1 N–H and O–H groups in total. The summed E-state index contributed by atoms with van der Waals surface area (Å²) in [5, 5.41) is 9.64. The topological polar surface area (TPSA) is 99.1 Å². The van der Waals surface area contributed by atoms with Crippen LogP contribution in [-0.4, -0.2) is 80.6 Å². The molecule has 0 rings (SSSR count). The molecule has 0 radical (unpaired) electrons. The molecule has 0 aliphatic rings. The van der Waals surface area contributed by atoms with Gasteiger partial charge in [-0.1, -0.05) is 204 Å². The number of ether oxygens (including phenoxy) is 3. The maximum absolute atomic E-state index is 12.8. The van der Waals surface area contributed by atoms with E-state index in [2.05, 4.69) is 62.5 Å². The number of aliphatic carboxylic acids is 1. The average molecular weight is 845 g/mol. The Morgan fingerprint density at radius 3 is 1.33 bits per heavy atom. The van der Waals surface area contributed by atoms with E-state index in [1.807, 2.05) is 21.1 Å². The number of hydrogen-bond donors (Lipinski definition) is 1. The Morgan fingerprint density at radius 1 is 0.500 bits per heavy atom. The van der Waals surface area contributed by atoms with Crippen LogP contribution in [0.2, 0.25) is 0 Å². The number of hydrogen-bond acceptors (Lipinski definition) is 6. The van der Waals surface area contributed by atoms with Crippen molar-refractivity contribution >= 4 is 17.9 Å². The van der Waals surface area contributed by atoms with E-state index in [1.54, 1.807) is 0 Å². The molecule has 0 fully saturated rings. The van der Waals surface area contributed by atoms with Crippen LogP contribution in [0.3, 0.4) is 0 Å². The Kier molecular flexibility index (Phi) is 41.0. The fourth-order valence-corrected chi connectivity index (χ4v) is 7.22. The number of rotatable bonds is 44. The number of carboxylic acid groups (broad SMARTS) is 1. The van der Waals surface area contributed by atoms with Crippen molar-refractivity contribution in [3.63, 3.8) is 0 Å². The predicted molar refractivity (Wildman–Crippen MR) is 252 cm³/mol. The number of allylic oxidation sites excluding steroid dienone is 8. The summed E-state index contributed by atoms with van der Waals surface area (Å²) >= 11 is 0. The molecule has 0 saturated carbocycles. The molecule has 0 aromatic rings. The van der Waals surface area contributed by atoms with Gasteiger partial charge in [-0.3, -0.25) is 9.59 Å². The van der Waals surface area contributed by atoms with Crippen LogP contribution < -0.4 is 0 Å². The van der Waals surface area contributed by atoms with Gasteiger partial charge < -0.3 is 23.8 Å². The largest absolute Gasteiger partial charge is 0.477 e. The highest BCUT2D eigenvalue weighted by Gasteiger charge is 2.31. The standard InChI is InChI=1S/C52H93NO7/c1-6-8-10-12-14-16-18-20-22-24-26-28-30-32-34-36-38-40-42-50(54)59-47-48(46-58-45-44-49(52(56)57)53(3,4)5)60-51(55)43-41-39-37-35-33-31-29-27-25-23-21-19-17-15-13-11-9-7-2/h15,17,19,21,23,25,27,29,48-49H,6-14,16,18,20,22,24,26,28,30-47H2,1-5H3/p+1/b17-15+,21-19+,25-23+,29-27+. The smallest absolute Gasteiger partial charge is 0.362 e. The molecule has 0 aliphatic heterocycles. The normalized spacial score (nSPS) is 13.3. The number of quaternary nitrogens is 1. The number of nitrogens with zero attached hydrogens (tertiary/aromatic N) is 1. The van der Waals surface area contributed by atoms with Gasteiger partial charge in [0.05, 0.1) is 34.4 Å². The Labute approximate surface area is 369 Å². The van der Waals surface area contributed by atoms with E-state index in [0.29, 0.717) is 19.3 Å². The molecular weight excluding hydrogens is 751 g/mol. The zero-order chi connectivity index (χ0) is 44.2. The summed E-state index contributed by atoms with van der Waals surface area (Å²) in [5.41, 5.74) is 0. The summed E-state index contributed by atoms with van der Waals surface area (Å²) in [4.78, 5) is 37.1. The molecule has 0 bridgehead atoms. The number of carbonyl (C=O) groups is 3. The van der Waals surface area contributed by atoms with Crippen molar-refractivity contribution in [2.75, 3.05) is 41.0 Å². The van der Waals surface area contributed by atoms with Crippen LogP contribution in [-0.2, 0) is 28.6 Å². The first-order valence-corrected chi connectivity index (χ1v) is 24.7. The molecule has 0 heterocycles. The molecular formula is C52H94NO7+. The van der Waals surface area contributed by atoms with Gasteiger partial charge in [0, 0.05) is 19.3 Å². The van der Waals surface area contributed by atoms with Crippen LogP contribution in [0.15, 0.2) is 48.6 Å². The van der Waals surface area contributed by atoms with Crippen molar-refractivity contribution < 1.29 is 38.2 Å². The minimum atomic E-state index is -0.878. The summed E-state index contributed by atoms with van der Waals surface area (Å²) < 4.78 is 17.3. The van der Waals surface area contributed by atoms with E-state index in [9.17, 15) is 19.5 Å². The van der Waals surface area contributed by atoms with E-state index in [0.717, 1.165) is 64.2 Å². The lowest BCUT2D eigenvalue weighted by Gasteiger charge is -2.31. The van der Waals surface area contributed by atoms with Gasteiger partial charge in [-0.25, -0.2) is 4.79 Å². The number of carboxylic acids is 1. The van der Waals surface area contributed by atoms with Gasteiger partial charge in [0.25, 0.3) is 0 Å². The molecule has 60 heavy (non-hydrogen) atoms. The van der Waals surface area contributed by atoms with E-state index in [-0.39, 0.29) is 36.2 Å². The summed E-state index contributed by atoms with van der Waals surface area (Å²) in [5.74, 6) is -1.49. The molecule has 0 aromatic heterocycles. The van der Waals surface area contributed by atoms with Crippen LogP contribution >= 0.6 is 0 Å². The van der Waals surface area contributed by atoms with E-state index < -0.39 is 18.1 Å². The second-order valence-corrected chi connectivity index (χ2v) is 17.8. The van der Waals surface area contributed by atoms with Crippen molar-refractivity contribution in [3.8, 4) is 0 Å². The van der Waals surface area contributed by atoms with Crippen molar-refractivity contribution in [2.45, 2.75) is 225 Å². The Balaban J connectivity index is 4.32. The molecule has 0 aromatic carbocycles. The number of likely N-dealkylation sites (N-methyl/N-ethyl adjacent to an activating group) is 1. The predicted octanol–water partition coefficient (Wildman–Crippen LogP) is 14.0. The molecule has 348 valence electrons. The fourth-order valence-electron chi connectivity index (χ4n) is 7.22. The molecule has 0 spiro atoms. The van der Waals surface area contributed by atoms with Crippen LogP contribution in [0.5, 0.6) is 0 Å². The average Bonchev–Trinajstić information content (AvgIpc) is 3.21. The van der Waals surface area contributed by atoms with E-state index in [4.69, 9.17) is 14.2 Å². The quantitative estimate of drug-likeness (QED) is 0.0282. The van der Waals surface area contributed by atoms with Gasteiger partial charge in [0.1, 0.15) is 6.61 Å². The lowest BCUT2D eigenvalue weighted by molar-refractivity contribution is -0.887. The van der Waals surface area contributed by atoms with Crippen LogP contribution in [0, 0.1) is 0 Å². The maximum Gasteiger partial charge on any atom is 0.362 e. The van der Waals surface area contributed by atoms with Crippen molar-refractivity contribution in [1.82, 2.24) is 0 Å². The third-order valence-electron chi connectivity index (χ3n) is 11.1. The first-order chi connectivity index (χ1) is 29.1. The number of unbranched alkanes of at least 4 members (excludes halogenated alkanes) is 25. The molecule has 2 unspecified atom stereocenters. The second kappa shape index (κ2) is 43.0. The highest BCUT2D eigenvalue weighted by molar-refractivity contribution is 5.72. The Morgan fingerprint density at radius 2 is 0.883 bits per heavy atom. The molecule has 0 aliphatic carbocycles. The first-order valence-electron chi connectivity index (χ1n) is 24.7. The SMILES string of the molecule is CCCCC/C=C/C=C/C=C/C=C/CCCCCCCC(=O)OC(COCCC(C(=O)O)[N+](C)(C)C)COC(=O)CCCCCCCCCCCCCCCCCCCC. The monoisotopic (exact) mass is 845 g/mol. The highest BCUT2D eigenvalue weighted by atomic mass is 16.6. The number of esters is 2. The third kappa shape index (κ3) is 40.7. The highest BCUT2D eigenvalue weighted by Crippen LogP contribution is 2.16.